The minimum Gasteiger partial charge on any atom is -0.331 e. The third kappa shape index (κ3) is 4.16. The lowest BCUT2D eigenvalue weighted by Crippen LogP contribution is -2.35. The highest BCUT2D eigenvalue weighted by molar-refractivity contribution is 6.42. The fourth-order valence-electron chi connectivity index (χ4n) is 1.67. The Bertz CT molecular complexity index is 694. The van der Waals surface area contributed by atoms with Crippen LogP contribution in [0.5, 0.6) is 0 Å². The number of carbonyl (C=O) groups excluding carboxylic acids is 2. The molecule has 0 unspecified atom stereocenters. The summed E-state index contributed by atoms with van der Waals surface area (Å²) in [6.07, 6.45) is 4.22. The van der Waals surface area contributed by atoms with Crippen LogP contribution in [0.15, 0.2) is 36.8 Å². The topological polar surface area (TPSA) is 75.2 Å². The van der Waals surface area contributed by atoms with Crippen molar-refractivity contribution in [1.29, 1.82) is 0 Å². The van der Waals surface area contributed by atoms with Crippen LogP contribution in [-0.2, 0) is 4.79 Å². The summed E-state index contributed by atoms with van der Waals surface area (Å²) in [7, 11) is 1.51. The van der Waals surface area contributed by atoms with Gasteiger partial charge in [-0.15, -0.1) is 0 Å². The second-order valence-electron chi connectivity index (χ2n) is 4.43. The summed E-state index contributed by atoms with van der Waals surface area (Å²) < 4.78 is 0. The van der Waals surface area contributed by atoms with Crippen LogP contribution in [0.4, 0.5) is 5.69 Å². The summed E-state index contributed by atoms with van der Waals surface area (Å²) in [6, 6.07) is 4.73. The summed E-state index contributed by atoms with van der Waals surface area (Å²) in [6.45, 7) is -0.129. The van der Waals surface area contributed by atoms with Gasteiger partial charge in [-0.1, -0.05) is 23.2 Å². The molecular formula is C14H12Cl2N4O2. The largest absolute Gasteiger partial charge is 0.331 e. The maximum Gasteiger partial charge on any atom is 0.274 e. The second kappa shape index (κ2) is 7.20. The molecule has 2 amide bonds. The Morgan fingerprint density at radius 2 is 2.00 bits per heavy atom. The zero-order valence-electron chi connectivity index (χ0n) is 11.6. The van der Waals surface area contributed by atoms with Crippen molar-refractivity contribution in [3.63, 3.8) is 0 Å². The Balaban J connectivity index is 1.96. The minimum absolute atomic E-state index is 0.129. The van der Waals surface area contributed by atoms with Gasteiger partial charge in [-0.25, -0.2) is 4.98 Å². The van der Waals surface area contributed by atoms with Crippen molar-refractivity contribution in [2.45, 2.75) is 0 Å². The normalized spacial score (nSPS) is 10.1. The molecule has 0 fully saturated rings. The van der Waals surface area contributed by atoms with E-state index in [0.29, 0.717) is 15.7 Å². The lowest BCUT2D eigenvalue weighted by Gasteiger charge is -2.16. The van der Waals surface area contributed by atoms with Crippen molar-refractivity contribution in [1.82, 2.24) is 14.9 Å². The van der Waals surface area contributed by atoms with E-state index >= 15 is 0 Å². The third-order valence-electron chi connectivity index (χ3n) is 2.71. The van der Waals surface area contributed by atoms with E-state index in [9.17, 15) is 9.59 Å². The Morgan fingerprint density at radius 3 is 2.64 bits per heavy atom. The molecule has 1 aromatic carbocycles. The fourth-order valence-corrected chi connectivity index (χ4v) is 1.96. The van der Waals surface area contributed by atoms with E-state index in [1.165, 1.54) is 36.6 Å². The molecule has 0 bridgehead atoms. The number of rotatable bonds is 4. The quantitative estimate of drug-likeness (QED) is 0.929. The Labute approximate surface area is 137 Å². The molecule has 1 heterocycles. The first-order valence-corrected chi connectivity index (χ1v) is 6.99. The molecule has 1 aromatic heterocycles. The van der Waals surface area contributed by atoms with Crippen LogP contribution in [0.25, 0.3) is 0 Å². The van der Waals surface area contributed by atoms with Gasteiger partial charge in [-0.2, -0.15) is 0 Å². The standard InChI is InChI=1S/C14H12Cl2N4O2/c1-20(14(22)12-7-17-4-5-18-12)8-13(21)19-9-2-3-10(15)11(16)6-9/h2-7H,8H2,1H3,(H,19,21). The van der Waals surface area contributed by atoms with Crippen molar-refractivity contribution in [3.05, 3.63) is 52.5 Å². The minimum atomic E-state index is -0.391. The molecule has 0 radical (unpaired) electrons. The number of nitrogens with zero attached hydrogens (tertiary/aromatic N) is 3. The molecule has 2 aromatic rings. The molecule has 0 saturated carbocycles. The highest BCUT2D eigenvalue weighted by atomic mass is 35.5. The van der Waals surface area contributed by atoms with Crippen molar-refractivity contribution in [2.24, 2.45) is 0 Å². The van der Waals surface area contributed by atoms with Gasteiger partial charge in [0.15, 0.2) is 0 Å². The van der Waals surface area contributed by atoms with Crippen molar-refractivity contribution < 1.29 is 9.59 Å². The highest BCUT2D eigenvalue weighted by Crippen LogP contribution is 2.24. The van der Waals surface area contributed by atoms with E-state index < -0.39 is 5.91 Å². The maximum absolute atomic E-state index is 12.0. The number of carbonyl (C=O) groups is 2. The Kier molecular flexibility index (Phi) is 5.30. The molecule has 0 spiro atoms. The number of amides is 2. The highest BCUT2D eigenvalue weighted by Gasteiger charge is 2.16. The van der Waals surface area contributed by atoms with Gasteiger partial charge in [0.25, 0.3) is 5.91 Å². The van der Waals surface area contributed by atoms with Crippen LogP contribution in [0.1, 0.15) is 10.5 Å². The summed E-state index contributed by atoms with van der Waals surface area (Å²) in [5.41, 5.74) is 0.673. The first kappa shape index (κ1) is 16.2. The SMILES string of the molecule is CN(CC(=O)Nc1ccc(Cl)c(Cl)c1)C(=O)c1cnccn1. The van der Waals surface area contributed by atoms with E-state index in [2.05, 4.69) is 15.3 Å². The number of halogens is 2. The zero-order valence-corrected chi connectivity index (χ0v) is 13.1. The van der Waals surface area contributed by atoms with E-state index in [0.717, 1.165) is 0 Å². The van der Waals surface area contributed by atoms with Crippen molar-refractivity contribution in [3.8, 4) is 0 Å². The number of likely N-dealkylation sites (N-methyl/N-ethyl adjacent to an activating group) is 1. The van der Waals surface area contributed by atoms with Crippen LogP contribution in [-0.4, -0.2) is 40.3 Å². The molecule has 0 saturated heterocycles. The molecule has 22 heavy (non-hydrogen) atoms. The fraction of sp³-hybridized carbons (Fsp3) is 0.143. The molecular weight excluding hydrogens is 327 g/mol. The van der Waals surface area contributed by atoms with Crippen LogP contribution in [0, 0.1) is 0 Å². The van der Waals surface area contributed by atoms with E-state index in [1.54, 1.807) is 12.1 Å². The predicted octanol–water partition coefficient (Wildman–Crippen LogP) is 2.49. The molecule has 6 nitrogen and oxygen atoms in total. The summed E-state index contributed by atoms with van der Waals surface area (Å²) in [5.74, 6) is -0.754. The van der Waals surface area contributed by atoms with Gasteiger partial charge >= 0.3 is 0 Å². The zero-order chi connectivity index (χ0) is 16.1. The average Bonchev–Trinajstić information content (AvgIpc) is 2.51. The Morgan fingerprint density at radius 1 is 1.23 bits per heavy atom. The summed E-state index contributed by atoms with van der Waals surface area (Å²) >= 11 is 11.7. The molecule has 114 valence electrons. The van der Waals surface area contributed by atoms with Crippen molar-refractivity contribution in [2.75, 3.05) is 18.9 Å². The second-order valence-corrected chi connectivity index (χ2v) is 5.24. The van der Waals surface area contributed by atoms with Crippen LogP contribution in [0.2, 0.25) is 10.0 Å². The average molecular weight is 339 g/mol. The molecule has 0 aliphatic heterocycles. The number of anilines is 1. The molecule has 0 aliphatic rings. The van der Waals surface area contributed by atoms with Crippen LogP contribution < -0.4 is 5.32 Å². The van der Waals surface area contributed by atoms with E-state index in [-0.39, 0.29) is 18.1 Å². The first-order valence-electron chi connectivity index (χ1n) is 6.24. The van der Waals surface area contributed by atoms with Gasteiger partial charge in [0, 0.05) is 25.1 Å². The Hall–Kier alpha value is -2.18. The van der Waals surface area contributed by atoms with Gasteiger partial charge in [0.2, 0.25) is 5.91 Å². The number of aromatic nitrogens is 2. The molecule has 2 rings (SSSR count). The van der Waals surface area contributed by atoms with Gasteiger partial charge in [0.05, 0.1) is 22.8 Å². The molecule has 0 atom stereocenters. The van der Waals surface area contributed by atoms with E-state index in [1.807, 2.05) is 0 Å². The van der Waals surface area contributed by atoms with Gasteiger partial charge in [-0.05, 0) is 18.2 Å². The monoisotopic (exact) mass is 338 g/mol. The predicted molar refractivity (Wildman–Crippen MR) is 84.1 cm³/mol. The van der Waals surface area contributed by atoms with E-state index in [4.69, 9.17) is 23.2 Å². The smallest absolute Gasteiger partial charge is 0.274 e. The van der Waals surface area contributed by atoms with Gasteiger partial charge < -0.3 is 10.2 Å². The molecule has 1 N–H and O–H groups in total. The lowest BCUT2D eigenvalue weighted by molar-refractivity contribution is -0.116. The molecule has 0 aliphatic carbocycles. The number of hydrogen-bond acceptors (Lipinski definition) is 4. The lowest BCUT2D eigenvalue weighted by atomic mass is 10.3. The summed E-state index contributed by atoms with van der Waals surface area (Å²) in [5, 5.41) is 3.37. The molecule has 8 heteroatoms. The van der Waals surface area contributed by atoms with Crippen LogP contribution >= 0.6 is 23.2 Å². The van der Waals surface area contributed by atoms with Crippen molar-refractivity contribution >= 4 is 40.7 Å². The summed E-state index contributed by atoms with van der Waals surface area (Å²) in [4.78, 5) is 32.9. The number of nitrogens with one attached hydrogen (secondary N) is 1. The van der Waals surface area contributed by atoms with Gasteiger partial charge in [-0.3, -0.25) is 14.6 Å². The first-order chi connectivity index (χ1) is 10.5. The number of hydrogen-bond donors (Lipinski definition) is 1. The number of benzene rings is 1. The third-order valence-corrected chi connectivity index (χ3v) is 3.45. The van der Waals surface area contributed by atoms with Crippen LogP contribution in [0.3, 0.4) is 0 Å². The van der Waals surface area contributed by atoms with Gasteiger partial charge in [0.1, 0.15) is 5.69 Å². The maximum atomic E-state index is 12.0.